The number of methoxy groups -OCH3 is 1. The van der Waals surface area contributed by atoms with Gasteiger partial charge in [-0.25, -0.2) is 9.97 Å². The molecule has 5 heterocycles. The van der Waals surface area contributed by atoms with Crippen molar-refractivity contribution < 1.29 is 4.74 Å². The van der Waals surface area contributed by atoms with Gasteiger partial charge in [0, 0.05) is 43.6 Å². The molecule has 0 bridgehead atoms. The van der Waals surface area contributed by atoms with Crippen molar-refractivity contribution in [3.05, 3.63) is 42.2 Å². The maximum absolute atomic E-state index is 5.45. The Labute approximate surface area is 191 Å². The fraction of sp³-hybridized carbons (Fsp3) is 0.455. The van der Waals surface area contributed by atoms with Crippen LogP contribution in [0.2, 0.25) is 0 Å². The predicted octanol–water partition coefficient (Wildman–Crippen LogP) is 3.88. The molecule has 9 nitrogen and oxygen atoms in total. The molecular formula is C22H28N8OS. The maximum atomic E-state index is 5.45. The largest absolute Gasteiger partial charge is 0.384 e. The number of rotatable bonds is 7. The molecule has 0 saturated carbocycles. The highest BCUT2D eigenvalue weighted by molar-refractivity contribution is 7.10. The van der Waals surface area contributed by atoms with E-state index in [-0.39, 0.29) is 5.41 Å². The topological polar surface area (TPSA) is 96.3 Å². The summed E-state index contributed by atoms with van der Waals surface area (Å²) < 4.78 is 12.2. The number of hydrogen-bond donors (Lipinski definition) is 2. The van der Waals surface area contributed by atoms with E-state index >= 15 is 0 Å². The molecule has 5 rings (SSSR count). The van der Waals surface area contributed by atoms with Crippen molar-refractivity contribution in [2.75, 3.05) is 32.1 Å². The van der Waals surface area contributed by atoms with Crippen molar-refractivity contribution in [2.45, 2.75) is 33.2 Å². The zero-order valence-corrected chi connectivity index (χ0v) is 19.4. The first kappa shape index (κ1) is 21.0. The third-order valence-electron chi connectivity index (χ3n) is 5.95. The van der Waals surface area contributed by atoms with Crippen LogP contribution < -0.4 is 5.32 Å². The fourth-order valence-electron chi connectivity index (χ4n) is 4.62. The Hall–Kier alpha value is -2.82. The van der Waals surface area contributed by atoms with Crippen molar-refractivity contribution in [1.29, 1.82) is 0 Å². The monoisotopic (exact) mass is 452 g/mol. The van der Waals surface area contributed by atoms with Crippen LogP contribution in [-0.2, 0) is 11.3 Å². The molecule has 168 valence electrons. The van der Waals surface area contributed by atoms with E-state index in [4.69, 9.17) is 9.72 Å². The van der Waals surface area contributed by atoms with E-state index in [0.29, 0.717) is 0 Å². The summed E-state index contributed by atoms with van der Waals surface area (Å²) >= 11 is 1.46. The van der Waals surface area contributed by atoms with Gasteiger partial charge in [0.05, 0.1) is 36.1 Å². The first-order valence-electron chi connectivity index (χ1n) is 10.8. The molecule has 1 atom stereocenters. The van der Waals surface area contributed by atoms with Gasteiger partial charge in [0.25, 0.3) is 0 Å². The lowest BCUT2D eigenvalue weighted by molar-refractivity contribution is 0.0213. The van der Waals surface area contributed by atoms with E-state index in [0.717, 1.165) is 65.4 Å². The number of aryl methyl sites for hydroxylation is 1. The number of ether oxygens (including phenoxy) is 1. The number of piperidine rings is 1. The summed E-state index contributed by atoms with van der Waals surface area (Å²) in [6.07, 6.45) is 9.89. The van der Waals surface area contributed by atoms with Gasteiger partial charge in [-0.15, -0.1) is 0 Å². The zero-order valence-electron chi connectivity index (χ0n) is 18.6. The Balaban J connectivity index is 1.34. The number of aromatic nitrogens is 6. The quantitative estimate of drug-likeness (QED) is 0.439. The van der Waals surface area contributed by atoms with Crippen molar-refractivity contribution in [1.82, 2.24) is 33.8 Å². The lowest BCUT2D eigenvalue weighted by atomic mass is 9.82. The van der Waals surface area contributed by atoms with E-state index in [2.05, 4.69) is 42.8 Å². The van der Waals surface area contributed by atoms with Crippen molar-refractivity contribution in [2.24, 2.45) is 5.41 Å². The molecular weight excluding hydrogens is 424 g/mol. The second-order valence-corrected chi connectivity index (χ2v) is 9.73. The summed E-state index contributed by atoms with van der Waals surface area (Å²) in [6.45, 7) is 8.08. The third kappa shape index (κ3) is 4.25. The Bertz CT molecular complexity index is 1200. The van der Waals surface area contributed by atoms with Gasteiger partial charge in [-0.3, -0.25) is 14.4 Å². The van der Waals surface area contributed by atoms with E-state index in [1.54, 1.807) is 13.3 Å². The van der Waals surface area contributed by atoms with Gasteiger partial charge in [-0.05, 0) is 43.9 Å². The number of nitrogens with one attached hydrogen (secondary N) is 2. The molecule has 32 heavy (non-hydrogen) atoms. The normalized spacial score (nSPS) is 19.6. The second kappa shape index (κ2) is 8.61. The molecule has 1 aliphatic rings. The molecule has 1 saturated heterocycles. The van der Waals surface area contributed by atoms with Crippen LogP contribution >= 0.6 is 11.5 Å². The second-order valence-electron chi connectivity index (χ2n) is 8.92. The van der Waals surface area contributed by atoms with Crippen LogP contribution in [0.1, 0.15) is 31.2 Å². The summed E-state index contributed by atoms with van der Waals surface area (Å²) in [4.78, 5) is 11.8. The van der Waals surface area contributed by atoms with Crippen molar-refractivity contribution in [3.63, 3.8) is 0 Å². The summed E-state index contributed by atoms with van der Waals surface area (Å²) in [7, 11) is 1.79. The molecule has 0 spiro atoms. The van der Waals surface area contributed by atoms with Crippen LogP contribution in [0.3, 0.4) is 0 Å². The molecule has 1 unspecified atom stereocenters. The maximum Gasteiger partial charge on any atom is 0.180 e. The number of fused-ring (bicyclic) bond motifs is 1. The van der Waals surface area contributed by atoms with Crippen molar-refractivity contribution >= 4 is 28.0 Å². The van der Waals surface area contributed by atoms with Gasteiger partial charge in [-0.2, -0.15) is 9.47 Å². The SMILES string of the molecule is COCC1(C)CCCN(Cc2cc(Nc3nc(C)cn4c(-c5cn[nH]c5)cnc34)sn2)C1. The molecule has 2 N–H and O–H groups in total. The van der Waals surface area contributed by atoms with Crippen LogP contribution in [0.5, 0.6) is 0 Å². The summed E-state index contributed by atoms with van der Waals surface area (Å²) in [5.41, 5.74) is 4.92. The van der Waals surface area contributed by atoms with Crippen LogP contribution in [0, 0.1) is 12.3 Å². The first-order chi connectivity index (χ1) is 15.5. The smallest absolute Gasteiger partial charge is 0.180 e. The molecule has 1 aliphatic heterocycles. The number of anilines is 2. The molecule has 4 aromatic heterocycles. The lowest BCUT2D eigenvalue weighted by Gasteiger charge is -2.39. The number of likely N-dealkylation sites (tertiary alicyclic amines) is 1. The molecule has 0 aliphatic carbocycles. The standard InChI is InChI=1S/C22H28N8OS/c1-15-11-30-18(16-8-24-25-9-16)10-23-21(30)20(26-15)27-19-7-17(28-32-19)12-29-6-4-5-22(2,13-29)14-31-3/h7-11H,4-6,12-14H2,1-3H3,(H,24,25)(H,26,27). The minimum atomic E-state index is 0.217. The van der Waals surface area contributed by atoms with E-state index in [1.807, 2.05) is 29.9 Å². The van der Waals surface area contributed by atoms with Gasteiger partial charge in [0.2, 0.25) is 0 Å². The average Bonchev–Trinajstić information content (AvgIpc) is 3.49. The average molecular weight is 453 g/mol. The van der Waals surface area contributed by atoms with Gasteiger partial charge in [0.1, 0.15) is 5.00 Å². The van der Waals surface area contributed by atoms with Crippen LogP contribution in [0.25, 0.3) is 16.9 Å². The van der Waals surface area contributed by atoms with Crippen LogP contribution in [-0.4, -0.2) is 60.6 Å². The highest BCUT2D eigenvalue weighted by Gasteiger charge is 2.31. The predicted molar refractivity (Wildman–Crippen MR) is 125 cm³/mol. The van der Waals surface area contributed by atoms with Gasteiger partial charge >= 0.3 is 0 Å². The lowest BCUT2D eigenvalue weighted by Crippen LogP contribution is -2.43. The first-order valence-corrected chi connectivity index (χ1v) is 11.6. The number of imidazole rings is 1. The van der Waals surface area contributed by atoms with Gasteiger partial charge < -0.3 is 10.1 Å². The van der Waals surface area contributed by atoms with Gasteiger partial charge in [-0.1, -0.05) is 6.92 Å². The highest BCUT2D eigenvalue weighted by atomic mass is 32.1. The Morgan fingerprint density at radius 1 is 1.34 bits per heavy atom. The molecule has 10 heteroatoms. The van der Waals surface area contributed by atoms with Crippen LogP contribution in [0.4, 0.5) is 10.8 Å². The molecule has 0 radical (unpaired) electrons. The number of hydrogen-bond acceptors (Lipinski definition) is 8. The van der Waals surface area contributed by atoms with Crippen LogP contribution in [0.15, 0.2) is 30.9 Å². The molecule has 4 aromatic rings. The Morgan fingerprint density at radius 2 is 2.25 bits per heavy atom. The van der Waals surface area contributed by atoms with E-state index in [9.17, 15) is 0 Å². The summed E-state index contributed by atoms with van der Waals surface area (Å²) in [5.74, 6) is 0.723. The van der Waals surface area contributed by atoms with Crippen molar-refractivity contribution in [3.8, 4) is 11.3 Å². The number of nitrogens with zero attached hydrogens (tertiary/aromatic N) is 6. The molecule has 0 aromatic carbocycles. The third-order valence-corrected chi connectivity index (χ3v) is 6.69. The zero-order chi connectivity index (χ0) is 22.1. The molecule has 0 amide bonds. The molecule has 1 fully saturated rings. The minimum absolute atomic E-state index is 0.217. The summed E-state index contributed by atoms with van der Waals surface area (Å²) in [6, 6.07) is 2.12. The highest BCUT2D eigenvalue weighted by Crippen LogP contribution is 2.31. The Kier molecular flexibility index (Phi) is 5.66. The van der Waals surface area contributed by atoms with E-state index < -0.39 is 0 Å². The Morgan fingerprint density at radius 3 is 3.06 bits per heavy atom. The van der Waals surface area contributed by atoms with E-state index in [1.165, 1.54) is 24.4 Å². The van der Waals surface area contributed by atoms with Gasteiger partial charge in [0.15, 0.2) is 11.5 Å². The number of aromatic amines is 1. The summed E-state index contributed by atoms with van der Waals surface area (Å²) in [5, 5.41) is 11.3. The number of H-pyrrole nitrogens is 1. The fourth-order valence-corrected chi connectivity index (χ4v) is 5.27. The minimum Gasteiger partial charge on any atom is -0.384 e.